The van der Waals surface area contributed by atoms with Crippen LogP contribution in [0, 0.1) is 6.92 Å². The number of aliphatic carboxylic acids is 1. The summed E-state index contributed by atoms with van der Waals surface area (Å²) in [4.78, 5) is 10.8. The van der Waals surface area contributed by atoms with E-state index in [-0.39, 0.29) is 6.42 Å². The van der Waals surface area contributed by atoms with Crippen molar-refractivity contribution in [1.29, 1.82) is 0 Å². The Labute approximate surface area is 88.7 Å². The molecule has 0 bridgehead atoms. The minimum absolute atomic E-state index is 0.0516. The van der Waals surface area contributed by atoms with E-state index in [2.05, 4.69) is 0 Å². The van der Waals surface area contributed by atoms with Crippen LogP contribution in [0.4, 0.5) is 0 Å². The number of carboxylic acid groups (broad SMARTS) is 1. The maximum absolute atomic E-state index is 10.8. The van der Waals surface area contributed by atoms with E-state index in [1.54, 1.807) is 0 Å². The number of carboxylic acids is 1. The van der Waals surface area contributed by atoms with E-state index >= 15 is 0 Å². The van der Waals surface area contributed by atoms with Crippen molar-refractivity contribution in [3.63, 3.8) is 0 Å². The van der Waals surface area contributed by atoms with Crippen LogP contribution in [0.15, 0.2) is 24.3 Å². The van der Waals surface area contributed by atoms with Gasteiger partial charge < -0.3 is 9.84 Å². The van der Waals surface area contributed by atoms with Crippen molar-refractivity contribution in [3.05, 3.63) is 35.4 Å². The summed E-state index contributed by atoms with van der Waals surface area (Å²) in [7, 11) is 0. The molecular weight excluding hydrogens is 192 g/mol. The minimum atomic E-state index is -0.810. The Morgan fingerprint density at radius 1 is 1.47 bits per heavy atom. The van der Waals surface area contributed by atoms with Crippen LogP contribution in [0.2, 0.25) is 0 Å². The van der Waals surface area contributed by atoms with Gasteiger partial charge in [0.2, 0.25) is 0 Å². The van der Waals surface area contributed by atoms with Crippen LogP contribution in [0.5, 0.6) is 0 Å². The molecule has 15 heavy (non-hydrogen) atoms. The van der Waals surface area contributed by atoms with Gasteiger partial charge in [0.25, 0.3) is 0 Å². The zero-order chi connectivity index (χ0) is 10.9. The van der Waals surface area contributed by atoms with Crippen molar-refractivity contribution >= 4 is 5.97 Å². The van der Waals surface area contributed by atoms with Crippen LogP contribution < -0.4 is 0 Å². The van der Waals surface area contributed by atoms with Gasteiger partial charge in [-0.15, -0.1) is 0 Å². The quantitative estimate of drug-likeness (QED) is 0.823. The van der Waals surface area contributed by atoms with Gasteiger partial charge in [0.1, 0.15) is 5.60 Å². The lowest BCUT2D eigenvalue weighted by Crippen LogP contribution is -2.42. The maximum Gasteiger partial charge on any atom is 0.306 e. The molecule has 1 atom stereocenters. The summed E-state index contributed by atoms with van der Waals surface area (Å²) in [5.41, 5.74) is 1.57. The molecule has 1 aliphatic rings. The van der Waals surface area contributed by atoms with Crippen molar-refractivity contribution in [2.24, 2.45) is 0 Å². The Balaban J connectivity index is 2.26. The fraction of sp³-hybridized carbons (Fsp3) is 0.417. The summed E-state index contributed by atoms with van der Waals surface area (Å²) < 4.78 is 5.47. The van der Waals surface area contributed by atoms with Crippen LogP contribution in [0.1, 0.15) is 24.0 Å². The molecule has 2 rings (SSSR count). The van der Waals surface area contributed by atoms with Crippen LogP contribution in [0.25, 0.3) is 0 Å². The monoisotopic (exact) mass is 206 g/mol. The van der Waals surface area contributed by atoms with Gasteiger partial charge in [-0.25, -0.2) is 0 Å². The fourth-order valence-electron chi connectivity index (χ4n) is 1.92. The molecular formula is C12H14O3. The van der Waals surface area contributed by atoms with Crippen molar-refractivity contribution in [3.8, 4) is 0 Å². The molecule has 1 aliphatic heterocycles. The molecule has 0 radical (unpaired) electrons. The van der Waals surface area contributed by atoms with Crippen molar-refractivity contribution in [1.82, 2.24) is 0 Å². The average Bonchev–Trinajstić information content (AvgIpc) is 2.13. The lowest BCUT2D eigenvalue weighted by molar-refractivity contribution is -0.176. The molecule has 1 N–H and O–H groups in total. The highest BCUT2D eigenvalue weighted by atomic mass is 16.5. The van der Waals surface area contributed by atoms with Gasteiger partial charge >= 0.3 is 5.97 Å². The SMILES string of the molecule is Cc1ccc(C2(CC(=O)O)CCO2)cc1. The Hall–Kier alpha value is -1.35. The molecule has 0 amide bonds. The summed E-state index contributed by atoms with van der Waals surface area (Å²) in [6.07, 6.45) is 0.846. The van der Waals surface area contributed by atoms with Gasteiger partial charge in [-0.2, -0.15) is 0 Å². The van der Waals surface area contributed by atoms with E-state index in [1.807, 2.05) is 31.2 Å². The molecule has 0 saturated carbocycles. The standard InChI is InChI=1S/C12H14O3/c1-9-2-4-10(5-3-9)12(6-7-15-12)8-11(13)14/h2-5H,6-8H2,1H3,(H,13,14). The molecule has 1 aromatic rings. The van der Waals surface area contributed by atoms with E-state index in [0.29, 0.717) is 6.61 Å². The number of aryl methyl sites for hydroxylation is 1. The number of hydrogen-bond acceptors (Lipinski definition) is 2. The molecule has 3 heteroatoms. The first-order valence-electron chi connectivity index (χ1n) is 5.05. The molecule has 1 heterocycles. The first-order valence-corrected chi connectivity index (χ1v) is 5.05. The van der Waals surface area contributed by atoms with Gasteiger partial charge in [0.15, 0.2) is 0 Å². The number of hydrogen-bond donors (Lipinski definition) is 1. The summed E-state index contributed by atoms with van der Waals surface area (Å²) in [6, 6.07) is 7.89. The second kappa shape index (κ2) is 3.66. The van der Waals surface area contributed by atoms with Gasteiger partial charge in [0, 0.05) is 6.42 Å². The third-order valence-electron chi connectivity index (χ3n) is 2.90. The number of ether oxygens (including phenoxy) is 1. The number of rotatable bonds is 3. The van der Waals surface area contributed by atoms with E-state index in [4.69, 9.17) is 9.84 Å². The normalized spacial score (nSPS) is 24.6. The molecule has 3 nitrogen and oxygen atoms in total. The Morgan fingerprint density at radius 3 is 2.47 bits per heavy atom. The summed E-state index contributed by atoms with van der Waals surface area (Å²) >= 11 is 0. The maximum atomic E-state index is 10.8. The minimum Gasteiger partial charge on any atom is -0.481 e. The molecule has 1 aromatic carbocycles. The molecule has 80 valence electrons. The topological polar surface area (TPSA) is 46.5 Å². The number of carbonyl (C=O) groups is 1. The largest absolute Gasteiger partial charge is 0.481 e. The predicted octanol–water partition coefficient (Wildman–Crippen LogP) is 2.09. The van der Waals surface area contributed by atoms with Gasteiger partial charge in [-0.1, -0.05) is 29.8 Å². The molecule has 1 fully saturated rings. The first-order chi connectivity index (χ1) is 7.12. The molecule has 1 saturated heterocycles. The van der Waals surface area contributed by atoms with Gasteiger partial charge in [0.05, 0.1) is 13.0 Å². The van der Waals surface area contributed by atoms with Crippen molar-refractivity contribution < 1.29 is 14.6 Å². The summed E-state index contributed by atoms with van der Waals surface area (Å²) in [6.45, 7) is 2.66. The van der Waals surface area contributed by atoms with Crippen LogP contribution >= 0.6 is 0 Å². The second-order valence-corrected chi connectivity index (χ2v) is 4.03. The third kappa shape index (κ3) is 1.88. The van der Waals surface area contributed by atoms with Crippen molar-refractivity contribution in [2.45, 2.75) is 25.4 Å². The van der Waals surface area contributed by atoms with Crippen LogP contribution in [-0.4, -0.2) is 17.7 Å². The lowest BCUT2D eigenvalue weighted by Gasteiger charge is -2.41. The zero-order valence-electron chi connectivity index (χ0n) is 8.69. The van der Waals surface area contributed by atoms with Crippen LogP contribution in [0.3, 0.4) is 0 Å². The molecule has 0 spiro atoms. The zero-order valence-corrected chi connectivity index (χ0v) is 8.69. The number of benzene rings is 1. The first kappa shape index (κ1) is 10.2. The van der Waals surface area contributed by atoms with Gasteiger partial charge in [-0.3, -0.25) is 4.79 Å². The Morgan fingerprint density at radius 2 is 2.07 bits per heavy atom. The molecule has 0 aliphatic carbocycles. The predicted molar refractivity (Wildman–Crippen MR) is 55.7 cm³/mol. The Bertz CT molecular complexity index is 363. The Kier molecular flexibility index (Phi) is 2.49. The van der Waals surface area contributed by atoms with Gasteiger partial charge in [-0.05, 0) is 12.5 Å². The molecule has 0 aromatic heterocycles. The highest BCUT2D eigenvalue weighted by Crippen LogP contribution is 2.40. The van der Waals surface area contributed by atoms with E-state index in [0.717, 1.165) is 12.0 Å². The highest BCUT2D eigenvalue weighted by molar-refractivity contribution is 5.69. The second-order valence-electron chi connectivity index (χ2n) is 4.03. The van der Waals surface area contributed by atoms with E-state index in [9.17, 15) is 4.79 Å². The third-order valence-corrected chi connectivity index (χ3v) is 2.90. The fourth-order valence-corrected chi connectivity index (χ4v) is 1.92. The van der Waals surface area contributed by atoms with E-state index in [1.165, 1.54) is 5.56 Å². The van der Waals surface area contributed by atoms with E-state index < -0.39 is 11.6 Å². The summed E-state index contributed by atoms with van der Waals surface area (Å²) in [5.74, 6) is -0.810. The summed E-state index contributed by atoms with van der Waals surface area (Å²) in [5, 5.41) is 8.85. The highest BCUT2D eigenvalue weighted by Gasteiger charge is 2.42. The molecule has 1 unspecified atom stereocenters. The smallest absolute Gasteiger partial charge is 0.306 e. The lowest BCUT2D eigenvalue weighted by atomic mass is 9.83. The van der Waals surface area contributed by atoms with Crippen LogP contribution in [-0.2, 0) is 15.1 Å². The average molecular weight is 206 g/mol. The van der Waals surface area contributed by atoms with Crippen molar-refractivity contribution in [2.75, 3.05) is 6.61 Å².